The molecule has 0 fully saturated rings. The molecule has 0 amide bonds. The van der Waals surface area contributed by atoms with Gasteiger partial charge in [-0.15, -0.1) is 0 Å². The Morgan fingerprint density at radius 3 is 2.82 bits per heavy atom. The fourth-order valence-electron chi connectivity index (χ4n) is 1.94. The number of aliphatic hydroxyl groups is 1. The molecule has 0 aliphatic rings. The monoisotopic (exact) mass is 234 g/mol. The predicted octanol–water partition coefficient (Wildman–Crippen LogP) is 2.30. The first-order valence-electron chi connectivity index (χ1n) is 5.56. The van der Waals surface area contributed by atoms with Crippen LogP contribution in [0.3, 0.4) is 0 Å². The Hall–Kier alpha value is -1.68. The molecule has 2 rings (SSSR count). The van der Waals surface area contributed by atoms with Crippen molar-refractivity contribution in [2.24, 2.45) is 0 Å². The van der Waals surface area contributed by atoms with Crippen LogP contribution in [0.4, 0.5) is 4.39 Å². The summed E-state index contributed by atoms with van der Waals surface area (Å²) in [5.41, 5.74) is -0.0625. The summed E-state index contributed by atoms with van der Waals surface area (Å²) >= 11 is 0. The maximum Gasteiger partial charge on any atom is 0.128 e. The summed E-state index contributed by atoms with van der Waals surface area (Å²) in [5, 5.41) is 14.7. The van der Waals surface area contributed by atoms with E-state index in [0.29, 0.717) is 17.8 Å². The van der Waals surface area contributed by atoms with E-state index >= 15 is 0 Å². The van der Waals surface area contributed by atoms with Gasteiger partial charge in [-0.25, -0.2) is 4.39 Å². The van der Waals surface area contributed by atoms with Gasteiger partial charge in [-0.05, 0) is 37.6 Å². The van der Waals surface area contributed by atoms with Crippen molar-refractivity contribution in [3.05, 3.63) is 53.6 Å². The van der Waals surface area contributed by atoms with Crippen molar-refractivity contribution in [2.75, 3.05) is 0 Å². The van der Waals surface area contributed by atoms with Crippen LogP contribution in [-0.2, 0) is 12.1 Å². The fraction of sp³-hybridized carbons (Fsp3) is 0.308. The average molecular weight is 234 g/mol. The van der Waals surface area contributed by atoms with Crippen molar-refractivity contribution in [3.8, 4) is 0 Å². The van der Waals surface area contributed by atoms with Gasteiger partial charge in [0.05, 0.1) is 5.69 Å². The lowest BCUT2D eigenvalue weighted by atomic mass is 9.92. The summed E-state index contributed by atoms with van der Waals surface area (Å²) in [4.78, 5) is 0. The molecule has 1 aromatic carbocycles. The third-order valence-corrected chi connectivity index (χ3v) is 2.90. The molecule has 0 spiro atoms. The summed E-state index contributed by atoms with van der Waals surface area (Å²) in [6.07, 6.45) is 1.63. The molecule has 0 aliphatic carbocycles. The van der Waals surface area contributed by atoms with Gasteiger partial charge >= 0.3 is 0 Å². The molecular weight excluding hydrogens is 219 g/mol. The maximum atomic E-state index is 13.2. The van der Waals surface area contributed by atoms with Crippen molar-refractivity contribution in [1.82, 2.24) is 9.78 Å². The van der Waals surface area contributed by atoms with Crippen LogP contribution in [0.1, 0.15) is 25.1 Å². The highest BCUT2D eigenvalue weighted by Gasteiger charge is 2.29. The molecule has 0 radical (unpaired) electrons. The first kappa shape index (κ1) is 11.8. The van der Waals surface area contributed by atoms with Gasteiger partial charge in [-0.1, -0.05) is 12.1 Å². The Balaban J connectivity index is 2.49. The molecule has 17 heavy (non-hydrogen) atoms. The van der Waals surface area contributed by atoms with Crippen LogP contribution in [0.2, 0.25) is 0 Å². The second-order valence-electron chi connectivity index (χ2n) is 4.11. The van der Waals surface area contributed by atoms with Gasteiger partial charge < -0.3 is 5.11 Å². The number of hydrogen-bond donors (Lipinski definition) is 1. The quantitative estimate of drug-likeness (QED) is 0.884. The number of nitrogens with zero attached hydrogens (tertiary/aromatic N) is 2. The van der Waals surface area contributed by atoms with E-state index in [2.05, 4.69) is 5.10 Å². The van der Waals surface area contributed by atoms with E-state index < -0.39 is 5.60 Å². The lowest BCUT2D eigenvalue weighted by Crippen LogP contribution is -2.26. The smallest absolute Gasteiger partial charge is 0.128 e. The minimum absolute atomic E-state index is 0.356. The predicted molar refractivity (Wildman–Crippen MR) is 63.0 cm³/mol. The minimum Gasteiger partial charge on any atom is -0.379 e. The van der Waals surface area contributed by atoms with E-state index in [1.807, 2.05) is 6.92 Å². The Kier molecular flexibility index (Phi) is 2.98. The van der Waals surface area contributed by atoms with Crippen LogP contribution in [-0.4, -0.2) is 14.9 Å². The van der Waals surface area contributed by atoms with E-state index in [4.69, 9.17) is 0 Å². The highest BCUT2D eigenvalue weighted by molar-refractivity contribution is 5.31. The average Bonchev–Trinajstić information content (AvgIpc) is 2.77. The molecule has 90 valence electrons. The number of aryl methyl sites for hydroxylation is 1. The minimum atomic E-state index is -1.24. The van der Waals surface area contributed by atoms with Crippen LogP contribution < -0.4 is 0 Å². The number of aromatic nitrogens is 2. The topological polar surface area (TPSA) is 38.0 Å². The van der Waals surface area contributed by atoms with Crippen LogP contribution in [0.25, 0.3) is 0 Å². The van der Waals surface area contributed by atoms with Crippen LogP contribution in [0.5, 0.6) is 0 Å². The second kappa shape index (κ2) is 4.30. The zero-order valence-corrected chi connectivity index (χ0v) is 9.89. The molecule has 1 aromatic heterocycles. The van der Waals surface area contributed by atoms with Gasteiger partial charge in [-0.3, -0.25) is 4.68 Å². The Morgan fingerprint density at radius 1 is 1.41 bits per heavy atom. The van der Waals surface area contributed by atoms with Gasteiger partial charge in [0.1, 0.15) is 11.4 Å². The van der Waals surface area contributed by atoms with Crippen molar-refractivity contribution in [1.29, 1.82) is 0 Å². The van der Waals surface area contributed by atoms with E-state index in [-0.39, 0.29) is 5.82 Å². The summed E-state index contributed by atoms with van der Waals surface area (Å²) in [6, 6.07) is 7.74. The van der Waals surface area contributed by atoms with Crippen molar-refractivity contribution >= 4 is 0 Å². The molecule has 3 nitrogen and oxygen atoms in total. The molecule has 2 aromatic rings. The van der Waals surface area contributed by atoms with Crippen LogP contribution >= 0.6 is 0 Å². The van der Waals surface area contributed by atoms with E-state index in [1.54, 1.807) is 36.0 Å². The fourth-order valence-corrected chi connectivity index (χ4v) is 1.94. The maximum absolute atomic E-state index is 13.2. The zero-order valence-electron chi connectivity index (χ0n) is 9.89. The van der Waals surface area contributed by atoms with Gasteiger partial charge in [0.25, 0.3) is 0 Å². The molecule has 4 heteroatoms. The largest absolute Gasteiger partial charge is 0.379 e. The van der Waals surface area contributed by atoms with Gasteiger partial charge in [-0.2, -0.15) is 5.10 Å². The van der Waals surface area contributed by atoms with Gasteiger partial charge in [0, 0.05) is 12.7 Å². The normalized spacial score (nSPS) is 14.6. The van der Waals surface area contributed by atoms with Crippen molar-refractivity contribution in [2.45, 2.75) is 26.0 Å². The molecule has 0 bridgehead atoms. The molecule has 1 heterocycles. The summed E-state index contributed by atoms with van der Waals surface area (Å²) in [7, 11) is 0. The molecule has 1 N–H and O–H groups in total. The highest BCUT2D eigenvalue weighted by atomic mass is 19.1. The van der Waals surface area contributed by atoms with Crippen LogP contribution in [0.15, 0.2) is 36.5 Å². The second-order valence-corrected chi connectivity index (χ2v) is 4.11. The highest BCUT2D eigenvalue weighted by Crippen LogP contribution is 2.29. The molecule has 1 atom stereocenters. The standard InChI is InChI=1S/C13H15FN2O/c1-3-16-12(7-8-15-16)13(2,17)10-5-4-6-11(14)9-10/h4-9,17H,3H2,1-2H3. The number of rotatable bonds is 3. The lowest BCUT2D eigenvalue weighted by Gasteiger charge is -2.24. The third kappa shape index (κ3) is 2.08. The first-order valence-corrected chi connectivity index (χ1v) is 5.56. The molecule has 0 saturated heterocycles. The lowest BCUT2D eigenvalue weighted by molar-refractivity contribution is 0.0914. The van der Waals surface area contributed by atoms with Crippen molar-refractivity contribution < 1.29 is 9.50 Å². The zero-order chi connectivity index (χ0) is 12.5. The number of hydrogen-bond acceptors (Lipinski definition) is 2. The summed E-state index contributed by atoms with van der Waals surface area (Å²) in [5.74, 6) is -0.356. The number of benzene rings is 1. The molecule has 0 saturated carbocycles. The molecule has 0 aliphatic heterocycles. The van der Waals surface area contributed by atoms with E-state index in [0.717, 1.165) is 0 Å². The summed E-state index contributed by atoms with van der Waals surface area (Å²) in [6.45, 7) is 4.25. The van der Waals surface area contributed by atoms with Gasteiger partial charge in [0.2, 0.25) is 0 Å². The first-order chi connectivity index (χ1) is 8.05. The number of halogens is 1. The molecular formula is C13H15FN2O. The van der Waals surface area contributed by atoms with Crippen molar-refractivity contribution in [3.63, 3.8) is 0 Å². The Bertz CT molecular complexity index is 520. The molecule has 1 unspecified atom stereocenters. The van der Waals surface area contributed by atoms with E-state index in [1.165, 1.54) is 12.1 Å². The van der Waals surface area contributed by atoms with Gasteiger partial charge in [0.15, 0.2) is 0 Å². The van der Waals surface area contributed by atoms with Crippen LogP contribution in [0, 0.1) is 5.82 Å². The summed E-state index contributed by atoms with van der Waals surface area (Å²) < 4.78 is 14.9. The Labute approximate surface area is 99.5 Å². The Morgan fingerprint density at radius 2 is 2.18 bits per heavy atom. The third-order valence-electron chi connectivity index (χ3n) is 2.90. The van der Waals surface area contributed by atoms with E-state index in [9.17, 15) is 9.50 Å². The SMILES string of the molecule is CCn1nccc1C(C)(O)c1cccc(F)c1.